The number of amides is 1. The SMILES string of the molecule is COc1cccc(OC)c1C(=O)N1CCN(c2nc(C3CC3)nc3sc4c(c23)CCCC4)CC1. The van der Waals surface area contributed by atoms with Crippen LogP contribution in [0, 0.1) is 0 Å². The third-order valence-electron chi connectivity index (χ3n) is 7.26. The van der Waals surface area contributed by atoms with Gasteiger partial charge in [0.25, 0.3) is 5.91 Å². The minimum Gasteiger partial charge on any atom is -0.496 e. The van der Waals surface area contributed by atoms with Gasteiger partial charge in [-0.3, -0.25) is 4.79 Å². The smallest absolute Gasteiger partial charge is 0.261 e. The van der Waals surface area contributed by atoms with Crippen LogP contribution in [-0.2, 0) is 12.8 Å². The average Bonchev–Trinajstić information content (AvgIpc) is 3.67. The van der Waals surface area contributed by atoms with E-state index in [2.05, 4.69) is 4.90 Å². The maximum absolute atomic E-state index is 13.4. The first-order valence-corrected chi connectivity index (χ1v) is 13.1. The Balaban J connectivity index is 1.29. The van der Waals surface area contributed by atoms with Crippen molar-refractivity contribution in [3.63, 3.8) is 0 Å². The summed E-state index contributed by atoms with van der Waals surface area (Å²) in [5.74, 6) is 3.66. The van der Waals surface area contributed by atoms with Gasteiger partial charge in [0.15, 0.2) is 0 Å². The molecule has 3 heterocycles. The molecule has 1 saturated heterocycles. The zero-order valence-corrected chi connectivity index (χ0v) is 20.6. The standard InChI is InChI=1S/C26H30N4O3S/c1-32-18-7-5-8-19(33-2)22(18)26(31)30-14-12-29(13-15-30)24-21-17-6-3-4-9-20(17)34-25(21)28-23(27-24)16-10-11-16/h5,7-8,16H,3-4,6,9-15H2,1-2H3. The molecule has 2 aliphatic carbocycles. The number of carbonyl (C=O) groups excluding carboxylic acids is 1. The van der Waals surface area contributed by atoms with Crippen molar-refractivity contribution >= 4 is 33.3 Å². The number of rotatable bonds is 5. The van der Waals surface area contributed by atoms with Crippen molar-refractivity contribution in [2.45, 2.75) is 44.4 Å². The number of carbonyl (C=O) groups is 1. The number of methoxy groups -OCH3 is 2. The summed E-state index contributed by atoms with van der Waals surface area (Å²) in [6, 6.07) is 5.46. The van der Waals surface area contributed by atoms with E-state index in [0.717, 1.165) is 42.4 Å². The van der Waals surface area contributed by atoms with E-state index >= 15 is 0 Å². The van der Waals surface area contributed by atoms with Crippen LogP contribution >= 0.6 is 11.3 Å². The molecule has 178 valence electrons. The van der Waals surface area contributed by atoms with Crippen LogP contribution in [0.2, 0.25) is 0 Å². The quantitative estimate of drug-likeness (QED) is 0.541. The summed E-state index contributed by atoms with van der Waals surface area (Å²) in [7, 11) is 3.17. The number of thiophene rings is 1. The Morgan fingerprint density at radius 2 is 1.71 bits per heavy atom. The summed E-state index contributed by atoms with van der Waals surface area (Å²) in [4.78, 5) is 30.5. The molecule has 0 unspecified atom stereocenters. The fourth-order valence-electron chi connectivity index (χ4n) is 5.25. The van der Waals surface area contributed by atoms with E-state index in [-0.39, 0.29) is 5.91 Å². The molecule has 3 aromatic rings. The molecule has 1 aliphatic heterocycles. The monoisotopic (exact) mass is 478 g/mol. The third kappa shape index (κ3) is 3.68. The first-order chi connectivity index (χ1) is 16.7. The summed E-state index contributed by atoms with van der Waals surface area (Å²) in [5.41, 5.74) is 1.97. The predicted octanol–water partition coefficient (Wildman–Crippen LogP) is 4.43. The van der Waals surface area contributed by atoms with Gasteiger partial charge in [0, 0.05) is 37.0 Å². The first kappa shape index (κ1) is 21.6. The normalized spacial score (nSPS) is 18.2. The Morgan fingerprint density at radius 1 is 1.00 bits per heavy atom. The summed E-state index contributed by atoms with van der Waals surface area (Å²) >= 11 is 1.88. The molecule has 3 aliphatic rings. The van der Waals surface area contributed by atoms with Gasteiger partial charge in [-0.1, -0.05) is 6.07 Å². The van der Waals surface area contributed by atoms with Crippen molar-refractivity contribution < 1.29 is 14.3 Å². The van der Waals surface area contributed by atoms with E-state index < -0.39 is 0 Å². The molecule has 0 atom stereocenters. The lowest BCUT2D eigenvalue weighted by Crippen LogP contribution is -2.49. The molecular weight excluding hydrogens is 448 g/mol. The van der Waals surface area contributed by atoms with Gasteiger partial charge in [-0.05, 0) is 56.2 Å². The second-order valence-corrected chi connectivity index (χ2v) is 10.5. The van der Waals surface area contributed by atoms with Crippen molar-refractivity contribution in [3.8, 4) is 11.5 Å². The molecule has 0 spiro atoms. The first-order valence-electron chi connectivity index (χ1n) is 12.2. The minimum atomic E-state index is -0.0478. The maximum atomic E-state index is 13.4. The number of aryl methyl sites for hydroxylation is 2. The number of hydrogen-bond acceptors (Lipinski definition) is 7. The molecule has 0 bridgehead atoms. The zero-order valence-electron chi connectivity index (χ0n) is 19.8. The van der Waals surface area contributed by atoms with Crippen LogP contribution in [0.25, 0.3) is 10.2 Å². The lowest BCUT2D eigenvalue weighted by Gasteiger charge is -2.36. The molecule has 1 saturated carbocycles. The summed E-state index contributed by atoms with van der Waals surface area (Å²) in [5, 5.41) is 1.27. The minimum absolute atomic E-state index is 0.0478. The van der Waals surface area contributed by atoms with Gasteiger partial charge in [-0.25, -0.2) is 9.97 Å². The highest BCUT2D eigenvalue weighted by Crippen LogP contribution is 2.44. The number of benzene rings is 1. The van der Waals surface area contributed by atoms with Crippen molar-refractivity contribution in [2.24, 2.45) is 0 Å². The third-order valence-corrected chi connectivity index (χ3v) is 8.45. The highest BCUT2D eigenvalue weighted by molar-refractivity contribution is 7.19. The number of anilines is 1. The Labute approximate surface area is 203 Å². The fourth-order valence-corrected chi connectivity index (χ4v) is 6.51. The average molecular weight is 479 g/mol. The number of piperazine rings is 1. The zero-order chi connectivity index (χ0) is 23.2. The molecular formula is C26H30N4O3S. The van der Waals surface area contributed by atoms with Crippen LogP contribution < -0.4 is 14.4 Å². The Hall–Kier alpha value is -2.87. The van der Waals surface area contributed by atoms with E-state index in [1.165, 1.54) is 41.5 Å². The number of fused-ring (bicyclic) bond motifs is 3. The van der Waals surface area contributed by atoms with Crippen LogP contribution in [0.1, 0.15) is 58.2 Å². The molecule has 0 radical (unpaired) electrons. The molecule has 2 fully saturated rings. The summed E-state index contributed by atoms with van der Waals surface area (Å²) in [6.07, 6.45) is 7.19. The van der Waals surface area contributed by atoms with Crippen LogP contribution in [-0.4, -0.2) is 61.2 Å². The van der Waals surface area contributed by atoms with Gasteiger partial charge in [-0.2, -0.15) is 0 Å². The molecule has 8 heteroatoms. The van der Waals surface area contributed by atoms with E-state index in [1.54, 1.807) is 14.2 Å². The van der Waals surface area contributed by atoms with Crippen molar-refractivity contribution in [1.29, 1.82) is 0 Å². The van der Waals surface area contributed by atoms with Gasteiger partial charge in [0.05, 0.1) is 19.6 Å². The van der Waals surface area contributed by atoms with E-state index in [1.807, 2.05) is 34.4 Å². The van der Waals surface area contributed by atoms with E-state index in [4.69, 9.17) is 19.4 Å². The van der Waals surface area contributed by atoms with Crippen molar-refractivity contribution in [1.82, 2.24) is 14.9 Å². The largest absolute Gasteiger partial charge is 0.496 e. The van der Waals surface area contributed by atoms with Crippen LogP contribution in [0.15, 0.2) is 18.2 Å². The van der Waals surface area contributed by atoms with Gasteiger partial charge >= 0.3 is 0 Å². The topological polar surface area (TPSA) is 67.8 Å². The predicted molar refractivity (Wildman–Crippen MR) is 134 cm³/mol. The lowest BCUT2D eigenvalue weighted by atomic mass is 9.97. The molecule has 6 rings (SSSR count). The van der Waals surface area contributed by atoms with Gasteiger partial charge in [-0.15, -0.1) is 11.3 Å². The summed E-state index contributed by atoms with van der Waals surface area (Å²) in [6.45, 7) is 2.78. The van der Waals surface area contributed by atoms with Gasteiger partial charge in [0.2, 0.25) is 0 Å². The van der Waals surface area contributed by atoms with E-state index in [0.29, 0.717) is 36.1 Å². The maximum Gasteiger partial charge on any atom is 0.261 e. The summed E-state index contributed by atoms with van der Waals surface area (Å²) < 4.78 is 10.9. The Kier molecular flexibility index (Phi) is 5.56. The second kappa shape index (κ2) is 8.73. The van der Waals surface area contributed by atoms with Crippen LogP contribution in [0.5, 0.6) is 11.5 Å². The number of nitrogens with zero attached hydrogens (tertiary/aromatic N) is 4. The van der Waals surface area contributed by atoms with Crippen molar-refractivity contribution in [3.05, 3.63) is 40.0 Å². The van der Waals surface area contributed by atoms with E-state index in [9.17, 15) is 4.79 Å². The van der Waals surface area contributed by atoms with Crippen LogP contribution in [0.4, 0.5) is 5.82 Å². The van der Waals surface area contributed by atoms with Gasteiger partial charge in [0.1, 0.15) is 33.5 Å². The number of ether oxygens (including phenoxy) is 2. The molecule has 0 N–H and O–H groups in total. The molecule has 1 aromatic carbocycles. The second-order valence-electron chi connectivity index (χ2n) is 9.39. The molecule has 1 amide bonds. The Bertz CT molecular complexity index is 1220. The highest BCUT2D eigenvalue weighted by atomic mass is 32.1. The fraction of sp³-hybridized carbons (Fsp3) is 0.500. The highest BCUT2D eigenvalue weighted by Gasteiger charge is 2.33. The van der Waals surface area contributed by atoms with Crippen molar-refractivity contribution in [2.75, 3.05) is 45.3 Å². The molecule has 7 nitrogen and oxygen atoms in total. The molecule has 34 heavy (non-hydrogen) atoms. The number of aromatic nitrogens is 2. The van der Waals surface area contributed by atoms with Crippen LogP contribution in [0.3, 0.4) is 0 Å². The molecule has 2 aromatic heterocycles. The van der Waals surface area contributed by atoms with Gasteiger partial charge < -0.3 is 19.3 Å². The number of hydrogen-bond donors (Lipinski definition) is 0. The Morgan fingerprint density at radius 3 is 2.38 bits per heavy atom. The lowest BCUT2D eigenvalue weighted by molar-refractivity contribution is 0.0739.